The molecule has 3 aromatic rings. The standard InChI is InChI=1S/C46H54N4O8/c1-21-31(13-15-41(55)57-11)37-20-38-32(14-16-42(56)58-12)22(2)34(48-38)18-39-44(26(6)46(29(9)53)30(10)54)24(4)36(50-39)19-40-43(25(5)45(27(7)51)28(8)52)23(3)35(49-40)17-33(21)47-37/h17-20,25-26,45-46,49-50H,13-16H2,1-12H3. The number of carbonyl (C=O) groups excluding carboxylic acids is 6. The lowest BCUT2D eigenvalue weighted by molar-refractivity contribution is -0.141. The molecule has 3 aromatic heterocycles. The number of fused-ring (bicyclic) bond motifs is 8. The number of esters is 2. The van der Waals surface area contributed by atoms with Gasteiger partial charge in [0.25, 0.3) is 0 Å². The van der Waals surface area contributed by atoms with Gasteiger partial charge in [-0.2, -0.15) is 0 Å². The van der Waals surface area contributed by atoms with Gasteiger partial charge in [0, 0.05) is 46.7 Å². The number of allylic oxidation sites excluding steroid dienone is 4. The van der Waals surface area contributed by atoms with Crippen molar-refractivity contribution >= 4 is 79.4 Å². The zero-order valence-electron chi connectivity index (χ0n) is 35.6. The van der Waals surface area contributed by atoms with E-state index in [0.717, 1.165) is 50.1 Å². The second-order valence-electron chi connectivity index (χ2n) is 15.7. The summed E-state index contributed by atoms with van der Waals surface area (Å²) in [7, 11) is 2.70. The van der Waals surface area contributed by atoms with Gasteiger partial charge in [0.2, 0.25) is 0 Å². The Hall–Kier alpha value is -5.78. The maximum atomic E-state index is 13.0. The number of nitrogens with zero attached hydrogens (tertiary/aromatic N) is 2. The third-order valence-electron chi connectivity index (χ3n) is 11.9. The van der Waals surface area contributed by atoms with Crippen molar-refractivity contribution in [2.45, 2.75) is 107 Å². The van der Waals surface area contributed by atoms with Gasteiger partial charge in [0.15, 0.2) is 0 Å². The fraction of sp³-hybridized carbons (Fsp3) is 0.435. The van der Waals surface area contributed by atoms with E-state index in [1.165, 1.54) is 41.9 Å². The molecule has 0 spiro atoms. The average Bonchev–Trinajstić information content (AvgIpc) is 3.81. The van der Waals surface area contributed by atoms with Crippen molar-refractivity contribution in [2.24, 2.45) is 11.8 Å². The molecule has 5 rings (SSSR count). The van der Waals surface area contributed by atoms with Crippen LogP contribution in [0.15, 0.2) is 24.3 Å². The summed E-state index contributed by atoms with van der Waals surface area (Å²) >= 11 is 0. The Bertz CT molecular complexity index is 2450. The van der Waals surface area contributed by atoms with E-state index >= 15 is 0 Å². The first kappa shape index (κ1) is 43.3. The van der Waals surface area contributed by atoms with Crippen LogP contribution in [0.2, 0.25) is 0 Å². The third kappa shape index (κ3) is 8.42. The van der Waals surface area contributed by atoms with E-state index in [-0.39, 0.29) is 47.9 Å². The molecule has 2 unspecified atom stereocenters. The Balaban J connectivity index is 2.00. The van der Waals surface area contributed by atoms with Crippen LogP contribution < -0.4 is 0 Å². The number of Topliss-reactive ketones (excluding diaryl/α,β-unsaturated/α-hetero) is 4. The molecule has 2 aliphatic heterocycles. The Labute approximate surface area is 338 Å². The number of ether oxygens (including phenoxy) is 2. The number of H-pyrrole nitrogens is 2. The summed E-state index contributed by atoms with van der Waals surface area (Å²) in [5.41, 5.74) is 11.8. The molecule has 0 saturated heterocycles. The van der Waals surface area contributed by atoms with Gasteiger partial charge in [-0.05, 0) is 137 Å². The number of ketones is 4. The summed E-state index contributed by atoms with van der Waals surface area (Å²) in [6.07, 6.45) is 0.943. The molecule has 2 aliphatic rings. The van der Waals surface area contributed by atoms with Crippen LogP contribution in [0.5, 0.6) is 0 Å². The molecule has 58 heavy (non-hydrogen) atoms. The number of aromatic nitrogens is 4. The van der Waals surface area contributed by atoms with Crippen molar-refractivity contribution < 1.29 is 38.2 Å². The fourth-order valence-corrected chi connectivity index (χ4v) is 8.92. The van der Waals surface area contributed by atoms with E-state index in [2.05, 4.69) is 9.97 Å². The summed E-state index contributed by atoms with van der Waals surface area (Å²) < 4.78 is 9.96. The van der Waals surface area contributed by atoms with Gasteiger partial charge in [0.05, 0.1) is 48.8 Å². The number of carbonyl (C=O) groups is 6. The maximum absolute atomic E-state index is 13.0. The summed E-state index contributed by atoms with van der Waals surface area (Å²) in [4.78, 5) is 94.1. The van der Waals surface area contributed by atoms with E-state index in [0.29, 0.717) is 52.2 Å². The van der Waals surface area contributed by atoms with E-state index in [1.54, 1.807) is 0 Å². The Morgan fingerprint density at radius 1 is 0.534 bits per heavy atom. The van der Waals surface area contributed by atoms with Crippen LogP contribution in [0, 0.1) is 25.7 Å². The van der Waals surface area contributed by atoms with Crippen LogP contribution in [0.1, 0.15) is 138 Å². The number of rotatable bonds is 14. The quantitative estimate of drug-likeness (QED) is 0.119. The van der Waals surface area contributed by atoms with Gasteiger partial charge in [-0.1, -0.05) is 13.8 Å². The van der Waals surface area contributed by atoms with Crippen LogP contribution in [-0.2, 0) is 38.2 Å². The number of methoxy groups -OCH3 is 2. The van der Waals surface area contributed by atoms with Gasteiger partial charge in [-0.25, -0.2) is 9.97 Å². The second kappa shape index (κ2) is 17.4. The van der Waals surface area contributed by atoms with E-state index < -0.39 is 23.7 Å². The number of aryl methyl sites for hydroxylation is 2. The normalized spacial score (nSPS) is 13.9. The monoisotopic (exact) mass is 790 g/mol. The van der Waals surface area contributed by atoms with Crippen molar-refractivity contribution in [3.63, 3.8) is 0 Å². The topological polar surface area (TPSA) is 178 Å². The van der Waals surface area contributed by atoms with Gasteiger partial charge in [-0.3, -0.25) is 28.8 Å². The van der Waals surface area contributed by atoms with Gasteiger partial charge < -0.3 is 19.4 Å². The van der Waals surface area contributed by atoms with Gasteiger partial charge >= 0.3 is 11.9 Å². The summed E-state index contributed by atoms with van der Waals surface area (Å²) in [6, 6.07) is 7.68. The minimum atomic E-state index is -0.891. The molecule has 0 amide bonds. The molecule has 0 radical (unpaired) electrons. The third-order valence-corrected chi connectivity index (χ3v) is 11.9. The van der Waals surface area contributed by atoms with Crippen LogP contribution >= 0.6 is 0 Å². The first-order valence-corrected chi connectivity index (χ1v) is 19.6. The number of hydrogen-bond donors (Lipinski definition) is 2. The Morgan fingerprint density at radius 2 is 0.879 bits per heavy atom. The summed E-state index contributed by atoms with van der Waals surface area (Å²) in [6.45, 7) is 17.3. The number of nitrogens with one attached hydrogen (secondary N) is 2. The second-order valence-corrected chi connectivity index (χ2v) is 15.7. The molecular weight excluding hydrogens is 737 g/mol. The average molecular weight is 791 g/mol. The molecule has 306 valence electrons. The van der Waals surface area contributed by atoms with E-state index in [4.69, 9.17) is 19.4 Å². The van der Waals surface area contributed by atoms with Crippen molar-refractivity contribution in [3.05, 3.63) is 69.3 Å². The van der Waals surface area contributed by atoms with Crippen LogP contribution in [-0.4, -0.2) is 69.2 Å². The van der Waals surface area contributed by atoms with Crippen LogP contribution in [0.3, 0.4) is 0 Å². The highest BCUT2D eigenvalue weighted by Crippen LogP contribution is 2.41. The zero-order chi connectivity index (χ0) is 42.9. The van der Waals surface area contributed by atoms with Gasteiger partial charge in [-0.15, -0.1) is 0 Å². The minimum Gasteiger partial charge on any atom is -0.469 e. The molecule has 0 fully saturated rings. The zero-order valence-corrected chi connectivity index (χ0v) is 35.6. The van der Waals surface area contributed by atoms with Gasteiger partial charge in [0.1, 0.15) is 23.1 Å². The van der Waals surface area contributed by atoms with E-state index in [9.17, 15) is 28.8 Å². The largest absolute Gasteiger partial charge is 0.469 e. The van der Waals surface area contributed by atoms with Crippen LogP contribution in [0.4, 0.5) is 0 Å². The van der Waals surface area contributed by atoms with Crippen molar-refractivity contribution in [3.8, 4) is 0 Å². The molecule has 12 nitrogen and oxygen atoms in total. The molecular formula is C46H54N4O8. The first-order chi connectivity index (χ1) is 27.3. The smallest absolute Gasteiger partial charge is 0.305 e. The molecule has 12 heteroatoms. The molecule has 5 heterocycles. The molecule has 0 aromatic carbocycles. The minimum absolute atomic E-state index is 0.121. The number of aromatic amines is 2. The van der Waals surface area contributed by atoms with Crippen molar-refractivity contribution in [1.29, 1.82) is 0 Å². The van der Waals surface area contributed by atoms with Crippen molar-refractivity contribution in [1.82, 2.24) is 19.9 Å². The highest BCUT2D eigenvalue weighted by molar-refractivity contribution is 6.03. The fourth-order valence-electron chi connectivity index (χ4n) is 8.92. The first-order valence-electron chi connectivity index (χ1n) is 19.6. The predicted molar refractivity (Wildman–Crippen MR) is 224 cm³/mol. The molecule has 0 saturated carbocycles. The Morgan fingerprint density at radius 3 is 1.24 bits per heavy atom. The molecule has 2 N–H and O–H groups in total. The molecule has 0 aliphatic carbocycles. The summed E-state index contributed by atoms with van der Waals surface area (Å²) in [5, 5.41) is 0. The SMILES string of the molecule is COC(=O)CCC1=C(C)c2cc3[nH]c(cc4[nH]c(cc5nc(cc1n2)C(CCC(=O)OC)=C5C)c(C(C)C(C(C)=O)C(C)=O)c4C)c(C(C)C(C(C)=O)C(C)=O)c3C. The lowest BCUT2D eigenvalue weighted by atomic mass is 9.81. The van der Waals surface area contributed by atoms with E-state index in [1.807, 2.05) is 65.8 Å². The highest BCUT2D eigenvalue weighted by Gasteiger charge is 2.33. The number of hydrogen-bond acceptors (Lipinski definition) is 10. The lowest BCUT2D eigenvalue weighted by Gasteiger charge is -2.20. The lowest BCUT2D eigenvalue weighted by Crippen LogP contribution is -2.25. The molecule has 8 bridgehead atoms. The summed E-state index contributed by atoms with van der Waals surface area (Å²) in [5.74, 6) is -4.44. The molecule has 2 atom stereocenters. The predicted octanol–water partition coefficient (Wildman–Crippen LogP) is 8.49. The highest BCUT2D eigenvalue weighted by atomic mass is 16.5. The Kier molecular flexibility index (Phi) is 13.0. The maximum Gasteiger partial charge on any atom is 0.305 e. The van der Waals surface area contributed by atoms with Crippen LogP contribution in [0.25, 0.3) is 44.4 Å². The van der Waals surface area contributed by atoms with Crippen molar-refractivity contribution in [2.75, 3.05) is 14.2 Å².